The van der Waals surface area contributed by atoms with Crippen molar-refractivity contribution in [2.24, 2.45) is 0 Å². The molecule has 0 unspecified atom stereocenters. The molecule has 0 atom stereocenters. The van der Waals surface area contributed by atoms with Crippen molar-refractivity contribution < 1.29 is 0 Å². The Balaban J connectivity index is 1.84. The molecule has 0 saturated carbocycles. The fraction of sp³-hybridized carbons (Fsp3) is 0.700. The van der Waals surface area contributed by atoms with E-state index in [4.69, 9.17) is 0 Å². The predicted molar refractivity (Wildman–Crippen MR) is 181 cm³/mol. The molecule has 0 amide bonds. The van der Waals surface area contributed by atoms with E-state index in [2.05, 4.69) is 69.3 Å². The summed E-state index contributed by atoms with van der Waals surface area (Å²) in [6.07, 6.45) is 32.9. The van der Waals surface area contributed by atoms with Crippen LogP contribution in [0.15, 0.2) is 48.5 Å². The maximum absolute atomic E-state index is 2.45. The van der Waals surface area contributed by atoms with Gasteiger partial charge in [0, 0.05) is 5.92 Å². The lowest BCUT2D eigenvalue weighted by Gasteiger charge is -2.19. The second-order valence-electron chi connectivity index (χ2n) is 12.7. The molecule has 0 N–H and O–H groups in total. The van der Waals surface area contributed by atoms with Gasteiger partial charge in [0.2, 0.25) is 0 Å². The topological polar surface area (TPSA) is 0 Å². The maximum atomic E-state index is 2.45. The molecule has 0 aliphatic heterocycles. The average molecular weight is 547 g/mol. The van der Waals surface area contributed by atoms with Crippen LogP contribution in [0.1, 0.15) is 190 Å². The Kier molecular flexibility index (Phi) is 20.9. The Labute approximate surface area is 251 Å². The molecule has 0 nitrogen and oxygen atoms in total. The standard InChI is InChI=1S/C40H66/c1-4-7-10-13-15-17-20-22-25-36-28-32-38(33-29-36)40(27-24-19-12-9-6-3)39-34-30-37(31-35-39)26-23-21-18-16-14-11-8-5-2/h28-35,40H,4-27H2,1-3H3. The summed E-state index contributed by atoms with van der Waals surface area (Å²) in [5.74, 6) is 0.538. The van der Waals surface area contributed by atoms with Crippen LogP contribution in [-0.4, -0.2) is 0 Å². The third-order valence-electron chi connectivity index (χ3n) is 9.00. The van der Waals surface area contributed by atoms with Gasteiger partial charge in [-0.2, -0.15) is 0 Å². The number of rotatable bonds is 26. The molecule has 2 rings (SSSR count). The molecule has 0 bridgehead atoms. The average Bonchev–Trinajstić information content (AvgIpc) is 2.99. The van der Waals surface area contributed by atoms with Gasteiger partial charge < -0.3 is 0 Å². The van der Waals surface area contributed by atoms with Gasteiger partial charge in [-0.1, -0.05) is 191 Å². The van der Waals surface area contributed by atoms with E-state index < -0.39 is 0 Å². The molecule has 0 fully saturated rings. The molecular weight excluding hydrogens is 480 g/mol. The van der Waals surface area contributed by atoms with E-state index in [1.54, 1.807) is 0 Å². The third kappa shape index (κ3) is 16.0. The summed E-state index contributed by atoms with van der Waals surface area (Å²) in [5.41, 5.74) is 6.09. The van der Waals surface area contributed by atoms with Crippen molar-refractivity contribution >= 4 is 0 Å². The molecule has 0 aliphatic rings. The van der Waals surface area contributed by atoms with Gasteiger partial charge in [-0.25, -0.2) is 0 Å². The van der Waals surface area contributed by atoms with Crippen LogP contribution in [0.25, 0.3) is 0 Å². The van der Waals surface area contributed by atoms with Gasteiger partial charge >= 0.3 is 0 Å². The first-order valence-electron chi connectivity index (χ1n) is 18.0. The van der Waals surface area contributed by atoms with Gasteiger partial charge in [-0.05, 0) is 54.4 Å². The molecule has 0 saturated heterocycles. The van der Waals surface area contributed by atoms with Crippen LogP contribution in [0.3, 0.4) is 0 Å². The number of hydrogen-bond donors (Lipinski definition) is 0. The molecule has 0 radical (unpaired) electrons. The second-order valence-corrected chi connectivity index (χ2v) is 12.7. The van der Waals surface area contributed by atoms with Crippen LogP contribution in [0.5, 0.6) is 0 Å². The smallest absolute Gasteiger partial charge is 0.00893 e. The first-order chi connectivity index (χ1) is 19.8. The Morgan fingerprint density at radius 3 is 1.00 bits per heavy atom. The van der Waals surface area contributed by atoms with Crippen molar-refractivity contribution in [2.75, 3.05) is 0 Å². The fourth-order valence-electron chi connectivity index (χ4n) is 6.24. The summed E-state index contributed by atoms with van der Waals surface area (Å²) < 4.78 is 0. The second kappa shape index (κ2) is 24.1. The van der Waals surface area contributed by atoms with E-state index in [9.17, 15) is 0 Å². The summed E-state index contributed by atoms with van der Waals surface area (Å²) in [4.78, 5) is 0. The molecular formula is C40H66. The maximum Gasteiger partial charge on any atom is 0.00893 e. The van der Waals surface area contributed by atoms with E-state index in [0.717, 1.165) is 0 Å². The van der Waals surface area contributed by atoms with Crippen LogP contribution in [0.2, 0.25) is 0 Å². The summed E-state index contributed by atoms with van der Waals surface area (Å²) in [5, 5.41) is 0. The molecule has 0 spiro atoms. The van der Waals surface area contributed by atoms with Crippen molar-refractivity contribution in [3.05, 3.63) is 70.8 Å². The Hall–Kier alpha value is -1.56. The Bertz CT molecular complexity index is 735. The minimum Gasteiger partial charge on any atom is -0.0654 e. The quantitative estimate of drug-likeness (QED) is 0.103. The van der Waals surface area contributed by atoms with Crippen LogP contribution >= 0.6 is 0 Å². The fourth-order valence-corrected chi connectivity index (χ4v) is 6.24. The lowest BCUT2D eigenvalue weighted by Crippen LogP contribution is -2.02. The van der Waals surface area contributed by atoms with Crippen molar-refractivity contribution in [1.29, 1.82) is 0 Å². The molecule has 0 heteroatoms. The van der Waals surface area contributed by atoms with Crippen molar-refractivity contribution in [3.8, 4) is 0 Å². The van der Waals surface area contributed by atoms with Gasteiger partial charge in [0.25, 0.3) is 0 Å². The summed E-state index contributed by atoms with van der Waals surface area (Å²) in [7, 11) is 0. The number of benzene rings is 2. The normalized spacial score (nSPS) is 11.5. The predicted octanol–water partition coefficient (Wildman–Crippen LogP) is 13.5. The lowest BCUT2D eigenvalue weighted by atomic mass is 9.85. The number of unbranched alkanes of at least 4 members (excludes halogenated alkanes) is 18. The van der Waals surface area contributed by atoms with Gasteiger partial charge in [0.1, 0.15) is 0 Å². The Morgan fingerprint density at radius 2 is 0.650 bits per heavy atom. The van der Waals surface area contributed by atoms with Crippen LogP contribution in [0, 0.1) is 0 Å². The van der Waals surface area contributed by atoms with Crippen molar-refractivity contribution in [2.45, 2.75) is 181 Å². The highest BCUT2D eigenvalue weighted by Crippen LogP contribution is 2.31. The minimum absolute atomic E-state index is 0.538. The Morgan fingerprint density at radius 1 is 0.350 bits per heavy atom. The highest BCUT2D eigenvalue weighted by atomic mass is 14.2. The molecule has 2 aromatic rings. The number of hydrogen-bond acceptors (Lipinski definition) is 0. The lowest BCUT2D eigenvalue weighted by molar-refractivity contribution is 0.574. The first-order valence-corrected chi connectivity index (χ1v) is 18.0. The van der Waals surface area contributed by atoms with Gasteiger partial charge in [-0.3, -0.25) is 0 Å². The first kappa shape index (κ1) is 34.6. The van der Waals surface area contributed by atoms with E-state index in [0.29, 0.717) is 5.92 Å². The summed E-state index contributed by atoms with van der Waals surface area (Å²) >= 11 is 0. The molecule has 40 heavy (non-hydrogen) atoms. The zero-order valence-corrected chi connectivity index (χ0v) is 27.2. The van der Waals surface area contributed by atoms with Crippen LogP contribution in [0.4, 0.5) is 0 Å². The summed E-state index contributed by atoms with van der Waals surface area (Å²) in [6, 6.07) is 19.5. The van der Waals surface area contributed by atoms with Gasteiger partial charge in [0.15, 0.2) is 0 Å². The SMILES string of the molecule is CCCCCCCCCCc1ccc(C(CCCCCCC)c2ccc(CCCCCCCCCC)cc2)cc1. The zero-order chi connectivity index (χ0) is 28.5. The highest BCUT2D eigenvalue weighted by Gasteiger charge is 2.14. The van der Waals surface area contributed by atoms with Crippen molar-refractivity contribution in [1.82, 2.24) is 0 Å². The molecule has 0 aromatic heterocycles. The monoisotopic (exact) mass is 547 g/mol. The minimum atomic E-state index is 0.538. The van der Waals surface area contributed by atoms with E-state index in [1.165, 1.54) is 176 Å². The van der Waals surface area contributed by atoms with E-state index >= 15 is 0 Å². The molecule has 226 valence electrons. The van der Waals surface area contributed by atoms with Crippen molar-refractivity contribution in [3.63, 3.8) is 0 Å². The molecule has 2 aromatic carbocycles. The van der Waals surface area contributed by atoms with E-state index in [1.807, 2.05) is 0 Å². The summed E-state index contributed by atoms with van der Waals surface area (Å²) in [6.45, 7) is 6.92. The highest BCUT2D eigenvalue weighted by molar-refractivity contribution is 5.35. The number of aryl methyl sites for hydroxylation is 2. The van der Waals surface area contributed by atoms with Crippen LogP contribution < -0.4 is 0 Å². The van der Waals surface area contributed by atoms with Gasteiger partial charge in [-0.15, -0.1) is 0 Å². The third-order valence-corrected chi connectivity index (χ3v) is 9.00. The zero-order valence-electron chi connectivity index (χ0n) is 27.2. The van der Waals surface area contributed by atoms with Gasteiger partial charge in [0.05, 0.1) is 0 Å². The molecule has 0 aliphatic carbocycles. The molecule has 0 heterocycles. The largest absolute Gasteiger partial charge is 0.0654 e. The van der Waals surface area contributed by atoms with Crippen LogP contribution in [-0.2, 0) is 12.8 Å². The van der Waals surface area contributed by atoms with E-state index in [-0.39, 0.29) is 0 Å².